The number of hydrogen-bond donors (Lipinski definition) is 2. The number of benzene rings is 2. The monoisotopic (exact) mass is 468 g/mol. The molecule has 1 aliphatic rings. The molecule has 0 unspecified atom stereocenters. The number of nitrogens with zero attached hydrogens (tertiary/aromatic N) is 1. The molecule has 126 valence electrons. The average molecular weight is 469 g/mol. The summed E-state index contributed by atoms with van der Waals surface area (Å²) in [7, 11) is 0. The molecule has 0 saturated carbocycles. The minimum absolute atomic E-state index is 0.0953. The predicted molar refractivity (Wildman–Crippen MR) is 101 cm³/mol. The maximum Gasteiger partial charge on any atom is 0.335 e. The molecule has 3 rings (SSSR count). The number of phenolic OH excluding ortho intramolecular Hbond substituents is 1. The van der Waals surface area contributed by atoms with Crippen LogP contribution in [0.25, 0.3) is 6.08 Å². The molecule has 1 heterocycles. The van der Waals surface area contributed by atoms with E-state index in [2.05, 4.69) is 5.32 Å². The van der Waals surface area contributed by atoms with E-state index < -0.39 is 17.8 Å². The lowest BCUT2D eigenvalue weighted by molar-refractivity contribution is -0.122. The maximum absolute atomic E-state index is 12.7. The number of nitrogens with one attached hydrogen (secondary N) is 1. The van der Waals surface area contributed by atoms with E-state index in [9.17, 15) is 19.5 Å². The van der Waals surface area contributed by atoms with Gasteiger partial charge in [0.2, 0.25) is 0 Å². The number of imide groups is 2. The van der Waals surface area contributed by atoms with Crippen LogP contribution in [-0.2, 0) is 9.59 Å². The largest absolute Gasteiger partial charge is 0.507 e. The number of carbonyl (C=O) groups is 3. The number of rotatable bonds is 2. The molecular weight excluding hydrogens is 459 g/mol. The summed E-state index contributed by atoms with van der Waals surface area (Å²) < 4.78 is 0.568. The molecule has 0 aliphatic carbocycles. The molecule has 0 atom stereocenters. The molecular formula is C17H10ClIN2O4. The molecule has 25 heavy (non-hydrogen) atoms. The van der Waals surface area contributed by atoms with Gasteiger partial charge in [-0.3, -0.25) is 14.9 Å². The minimum atomic E-state index is -0.838. The lowest BCUT2D eigenvalue weighted by Crippen LogP contribution is -2.54. The number of carbonyl (C=O) groups excluding carboxylic acids is 3. The third kappa shape index (κ3) is 3.52. The first-order valence-corrected chi connectivity index (χ1v) is 8.48. The Balaban J connectivity index is 2.03. The van der Waals surface area contributed by atoms with E-state index in [0.717, 1.165) is 4.90 Å². The summed E-state index contributed by atoms with van der Waals surface area (Å²) in [4.78, 5) is 37.7. The second kappa shape index (κ2) is 6.85. The molecule has 6 nitrogen and oxygen atoms in total. The molecule has 1 aliphatic heterocycles. The van der Waals surface area contributed by atoms with Gasteiger partial charge in [-0.05, 0) is 64.6 Å². The van der Waals surface area contributed by atoms with Gasteiger partial charge in [-0.25, -0.2) is 9.69 Å². The first-order valence-electron chi connectivity index (χ1n) is 7.02. The number of phenols is 1. The van der Waals surface area contributed by atoms with Crippen molar-refractivity contribution in [3.05, 3.63) is 62.2 Å². The zero-order valence-electron chi connectivity index (χ0n) is 12.5. The Labute approximate surface area is 161 Å². The van der Waals surface area contributed by atoms with Gasteiger partial charge in [-0.2, -0.15) is 0 Å². The molecule has 0 bridgehead atoms. The van der Waals surface area contributed by atoms with E-state index in [1.165, 1.54) is 18.2 Å². The summed E-state index contributed by atoms with van der Waals surface area (Å²) >= 11 is 7.84. The maximum atomic E-state index is 12.7. The van der Waals surface area contributed by atoms with E-state index >= 15 is 0 Å². The van der Waals surface area contributed by atoms with Crippen LogP contribution in [0.2, 0.25) is 5.02 Å². The minimum Gasteiger partial charge on any atom is -0.507 e. The fraction of sp³-hybridized carbons (Fsp3) is 0. The second-order valence-electron chi connectivity index (χ2n) is 5.15. The third-order valence-corrected chi connectivity index (χ3v) is 4.55. The topological polar surface area (TPSA) is 86.7 Å². The molecule has 2 N–H and O–H groups in total. The van der Waals surface area contributed by atoms with Crippen LogP contribution in [0.15, 0.2) is 48.0 Å². The summed E-state index contributed by atoms with van der Waals surface area (Å²) in [5.74, 6) is -1.44. The van der Waals surface area contributed by atoms with Crippen molar-refractivity contribution in [1.82, 2.24) is 5.32 Å². The zero-order valence-corrected chi connectivity index (χ0v) is 15.4. The Bertz CT molecular complexity index is 942. The van der Waals surface area contributed by atoms with Crippen molar-refractivity contribution in [1.29, 1.82) is 0 Å². The van der Waals surface area contributed by atoms with Crippen molar-refractivity contribution < 1.29 is 19.5 Å². The number of aromatic hydroxyl groups is 1. The third-order valence-electron chi connectivity index (χ3n) is 3.45. The molecule has 8 heteroatoms. The van der Waals surface area contributed by atoms with E-state index in [1.807, 2.05) is 22.6 Å². The van der Waals surface area contributed by atoms with Crippen LogP contribution in [0, 0.1) is 3.57 Å². The van der Waals surface area contributed by atoms with Crippen molar-refractivity contribution in [2.45, 2.75) is 0 Å². The highest BCUT2D eigenvalue weighted by Gasteiger charge is 2.36. The summed E-state index contributed by atoms with van der Waals surface area (Å²) in [6.07, 6.45) is 1.36. The Hall–Kier alpha value is -2.39. The van der Waals surface area contributed by atoms with Crippen LogP contribution in [0.5, 0.6) is 5.75 Å². The highest BCUT2D eigenvalue weighted by molar-refractivity contribution is 14.1. The molecule has 1 fully saturated rings. The van der Waals surface area contributed by atoms with Gasteiger partial charge in [0.1, 0.15) is 11.3 Å². The molecule has 0 aromatic heterocycles. The standard InChI is InChI=1S/C17H10ClIN2O4/c18-10-2-1-3-11(8-10)21-16(24)12(15(23)20-17(21)25)6-9-4-5-14(22)13(19)7-9/h1-8,22H,(H,20,23,25). The SMILES string of the molecule is O=C1NC(=O)N(c2cccc(Cl)c2)C(=O)C1=Cc1ccc(O)c(I)c1. The van der Waals surface area contributed by atoms with E-state index in [0.29, 0.717) is 14.2 Å². The van der Waals surface area contributed by atoms with Crippen molar-refractivity contribution >= 4 is 63.8 Å². The Morgan fingerprint density at radius 2 is 1.88 bits per heavy atom. The highest BCUT2D eigenvalue weighted by Crippen LogP contribution is 2.26. The quantitative estimate of drug-likeness (QED) is 0.402. The van der Waals surface area contributed by atoms with E-state index in [-0.39, 0.29) is 17.0 Å². The number of anilines is 1. The van der Waals surface area contributed by atoms with Gasteiger partial charge < -0.3 is 5.11 Å². The first kappa shape index (κ1) is 17.4. The number of amides is 4. The van der Waals surface area contributed by atoms with Crippen LogP contribution in [0.1, 0.15) is 5.56 Å². The van der Waals surface area contributed by atoms with Gasteiger partial charge >= 0.3 is 6.03 Å². The van der Waals surface area contributed by atoms with Gasteiger partial charge in [-0.15, -0.1) is 0 Å². The number of halogens is 2. The van der Waals surface area contributed by atoms with Crippen molar-refractivity contribution in [3.8, 4) is 5.75 Å². The molecule has 0 radical (unpaired) electrons. The van der Waals surface area contributed by atoms with Gasteiger partial charge in [0.05, 0.1) is 9.26 Å². The lowest BCUT2D eigenvalue weighted by Gasteiger charge is -2.26. The predicted octanol–water partition coefficient (Wildman–Crippen LogP) is 3.32. The summed E-state index contributed by atoms with van der Waals surface area (Å²) in [5.41, 5.74) is 0.607. The molecule has 2 aromatic rings. The van der Waals surface area contributed by atoms with E-state index in [4.69, 9.17) is 11.6 Å². The summed E-state index contributed by atoms with van der Waals surface area (Å²) in [6.45, 7) is 0. The van der Waals surface area contributed by atoms with E-state index in [1.54, 1.807) is 30.3 Å². The van der Waals surface area contributed by atoms with Crippen LogP contribution >= 0.6 is 34.2 Å². The van der Waals surface area contributed by atoms with Crippen LogP contribution in [0.3, 0.4) is 0 Å². The smallest absolute Gasteiger partial charge is 0.335 e. The first-order chi connectivity index (χ1) is 11.9. The van der Waals surface area contributed by atoms with Crippen molar-refractivity contribution in [2.24, 2.45) is 0 Å². The van der Waals surface area contributed by atoms with Crippen LogP contribution < -0.4 is 10.2 Å². The highest BCUT2D eigenvalue weighted by atomic mass is 127. The van der Waals surface area contributed by atoms with Gasteiger partial charge in [-0.1, -0.05) is 23.7 Å². The van der Waals surface area contributed by atoms with Gasteiger partial charge in [0.15, 0.2) is 0 Å². The number of barbiturate groups is 1. The number of urea groups is 1. The Morgan fingerprint density at radius 3 is 2.56 bits per heavy atom. The molecule has 0 spiro atoms. The van der Waals surface area contributed by atoms with Crippen LogP contribution in [0.4, 0.5) is 10.5 Å². The fourth-order valence-corrected chi connectivity index (χ4v) is 3.01. The van der Waals surface area contributed by atoms with Gasteiger partial charge in [0, 0.05) is 5.02 Å². The zero-order chi connectivity index (χ0) is 18.1. The normalized spacial score (nSPS) is 16.3. The van der Waals surface area contributed by atoms with Crippen molar-refractivity contribution in [2.75, 3.05) is 4.90 Å². The Kier molecular flexibility index (Phi) is 4.78. The molecule has 4 amide bonds. The molecule has 2 aromatic carbocycles. The summed E-state index contributed by atoms with van der Waals surface area (Å²) in [5, 5.41) is 12.1. The Morgan fingerprint density at radius 1 is 1.12 bits per heavy atom. The fourth-order valence-electron chi connectivity index (χ4n) is 2.29. The van der Waals surface area contributed by atoms with Crippen molar-refractivity contribution in [3.63, 3.8) is 0 Å². The number of hydrogen-bond acceptors (Lipinski definition) is 4. The lowest BCUT2D eigenvalue weighted by atomic mass is 10.1. The average Bonchev–Trinajstić information content (AvgIpc) is 2.54. The summed E-state index contributed by atoms with van der Waals surface area (Å²) in [6, 6.07) is 10.00. The second-order valence-corrected chi connectivity index (χ2v) is 6.75. The molecule has 1 saturated heterocycles. The van der Waals surface area contributed by atoms with Crippen LogP contribution in [-0.4, -0.2) is 23.0 Å². The van der Waals surface area contributed by atoms with Gasteiger partial charge in [0.25, 0.3) is 11.8 Å².